The van der Waals surface area contributed by atoms with Gasteiger partial charge in [0.25, 0.3) is 0 Å². The van der Waals surface area contributed by atoms with E-state index in [-0.39, 0.29) is 5.41 Å². The van der Waals surface area contributed by atoms with Gasteiger partial charge in [0.15, 0.2) is 5.65 Å². The summed E-state index contributed by atoms with van der Waals surface area (Å²) in [5, 5.41) is 14.2. The van der Waals surface area contributed by atoms with E-state index in [1.54, 1.807) is 0 Å². The Balaban J connectivity index is 1.27. The van der Waals surface area contributed by atoms with E-state index >= 15 is 0 Å². The molecule has 1 spiro atoms. The summed E-state index contributed by atoms with van der Waals surface area (Å²) in [6, 6.07) is 4.48. The molecule has 6 rings (SSSR count). The second-order valence-electron chi connectivity index (χ2n) is 9.61. The Morgan fingerprint density at radius 2 is 2.00 bits per heavy atom. The van der Waals surface area contributed by atoms with Gasteiger partial charge in [-0.2, -0.15) is 15.1 Å². The second kappa shape index (κ2) is 7.74. The zero-order valence-corrected chi connectivity index (χ0v) is 18.7. The Morgan fingerprint density at radius 3 is 2.81 bits per heavy atom. The molecule has 31 heavy (non-hydrogen) atoms. The Kier molecular flexibility index (Phi) is 4.87. The Morgan fingerprint density at radius 1 is 1.13 bits per heavy atom. The highest BCUT2D eigenvalue weighted by molar-refractivity contribution is 7.10. The first-order chi connectivity index (χ1) is 15.3. The molecular formula is C23H30N6OS. The number of anilines is 2. The lowest BCUT2D eigenvalue weighted by atomic mass is 9.80. The molecule has 0 atom stereocenters. The first-order valence-corrected chi connectivity index (χ1v) is 12.5. The average molecular weight is 439 g/mol. The van der Waals surface area contributed by atoms with E-state index in [1.807, 2.05) is 17.5 Å². The predicted molar refractivity (Wildman–Crippen MR) is 124 cm³/mol. The minimum Gasteiger partial charge on any atom is -0.381 e. The third-order valence-electron chi connectivity index (χ3n) is 7.77. The third kappa shape index (κ3) is 3.49. The number of nitrogens with one attached hydrogen (secondary N) is 2. The first kappa shape index (κ1) is 19.5. The van der Waals surface area contributed by atoms with Crippen molar-refractivity contribution >= 4 is 34.1 Å². The summed E-state index contributed by atoms with van der Waals surface area (Å²) in [5.41, 5.74) is 1.40. The molecule has 0 radical (unpaired) electrons. The van der Waals surface area contributed by atoms with Crippen LogP contribution >= 0.6 is 11.3 Å². The molecule has 3 fully saturated rings. The van der Waals surface area contributed by atoms with E-state index in [2.05, 4.69) is 37.9 Å². The number of aromatic amines is 1. The lowest BCUT2D eigenvalue weighted by Gasteiger charge is -2.33. The molecular weight excluding hydrogens is 408 g/mol. The smallest absolute Gasteiger partial charge is 0.229 e. The van der Waals surface area contributed by atoms with E-state index < -0.39 is 0 Å². The summed E-state index contributed by atoms with van der Waals surface area (Å²) in [7, 11) is 0. The summed E-state index contributed by atoms with van der Waals surface area (Å²) in [6.07, 6.45) is 10.4. The van der Waals surface area contributed by atoms with Crippen LogP contribution in [0.15, 0.2) is 23.7 Å². The average Bonchev–Trinajstić information content (AvgIpc) is 3.60. The molecule has 0 bridgehead atoms. The van der Waals surface area contributed by atoms with Gasteiger partial charge in [-0.25, -0.2) is 0 Å². The van der Waals surface area contributed by atoms with Crippen LogP contribution in [-0.2, 0) is 10.2 Å². The van der Waals surface area contributed by atoms with Crippen LogP contribution in [-0.4, -0.2) is 53.0 Å². The third-order valence-corrected chi connectivity index (χ3v) is 8.89. The molecule has 1 saturated carbocycles. The molecule has 0 aromatic carbocycles. The van der Waals surface area contributed by atoms with Gasteiger partial charge in [-0.05, 0) is 49.0 Å². The summed E-state index contributed by atoms with van der Waals surface area (Å²) in [6.45, 7) is 4.70. The van der Waals surface area contributed by atoms with Crippen molar-refractivity contribution in [3.63, 3.8) is 0 Å². The Bertz CT molecular complexity index is 1040. The fourth-order valence-electron chi connectivity index (χ4n) is 5.81. The van der Waals surface area contributed by atoms with Crippen molar-refractivity contribution in [1.82, 2.24) is 20.2 Å². The maximum absolute atomic E-state index is 5.61. The SMILES string of the molecule is c1csc(C2(CNc3nc(N4CCC5(CCOCC5)C4)nc4[nH]ncc34)CCCC2)c1. The molecule has 2 saturated heterocycles. The van der Waals surface area contributed by atoms with Crippen molar-refractivity contribution in [3.8, 4) is 0 Å². The van der Waals surface area contributed by atoms with Crippen molar-refractivity contribution in [3.05, 3.63) is 28.6 Å². The van der Waals surface area contributed by atoms with Crippen molar-refractivity contribution in [2.45, 2.75) is 50.4 Å². The van der Waals surface area contributed by atoms with Gasteiger partial charge in [-0.3, -0.25) is 5.10 Å². The molecule has 7 nitrogen and oxygen atoms in total. The first-order valence-electron chi connectivity index (χ1n) is 11.6. The fourth-order valence-corrected chi connectivity index (χ4v) is 6.80. The normalized spacial score (nSPS) is 22.5. The van der Waals surface area contributed by atoms with Crippen molar-refractivity contribution in [1.29, 1.82) is 0 Å². The maximum Gasteiger partial charge on any atom is 0.229 e. The van der Waals surface area contributed by atoms with Crippen LogP contribution in [0.25, 0.3) is 11.0 Å². The number of aromatic nitrogens is 4. The van der Waals surface area contributed by atoms with Crippen molar-refractivity contribution in [2.24, 2.45) is 5.41 Å². The van der Waals surface area contributed by atoms with Crippen LogP contribution in [0.5, 0.6) is 0 Å². The van der Waals surface area contributed by atoms with Crippen LogP contribution in [0.3, 0.4) is 0 Å². The molecule has 0 amide bonds. The molecule has 2 aliphatic heterocycles. The summed E-state index contributed by atoms with van der Waals surface area (Å²) in [4.78, 5) is 13.7. The number of hydrogen-bond donors (Lipinski definition) is 2. The van der Waals surface area contributed by atoms with E-state index in [0.717, 1.165) is 68.5 Å². The molecule has 1 aliphatic carbocycles. The van der Waals surface area contributed by atoms with Gasteiger partial charge in [0.1, 0.15) is 5.82 Å². The van der Waals surface area contributed by atoms with E-state index in [0.29, 0.717) is 5.41 Å². The summed E-state index contributed by atoms with van der Waals surface area (Å²) < 4.78 is 5.61. The van der Waals surface area contributed by atoms with Crippen LogP contribution in [0.1, 0.15) is 49.8 Å². The van der Waals surface area contributed by atoms with E-state index in [1.165, 1.54) is 37.0 Å². The standard InChI is InChI=1S/C23H30N6OS/c1-2-6-23(5-1,18-4-3-13-31-18)15-24-19-17-14-25-28-20(17)27-21(26-19)29-10-7-22(16-29)8-11-30-12-9-22/h3-4,13-14H,1-2,5-12,15-16H2,(H2,24,25,26,27,28). The van der Waals surface area contributed by atoms with E-state index in [9.17, 15) is 0 Å². The van der Waals surface area contributed by atoms with Crippen LogP contribution in [0.2, 0.25) is 0 Å². The predicted octanol–water partition coefficient (Wildman–Crippen LogP) is 4.35. The largest absolute Gasteiger partial charge is 0.381 e. The van der Waals surface area contributed by atoms with Crippen molar-refractivity contribution < 1.29 is 4.74 Å². The summed E-state index contributed by atoms with van der Waals surface area (Å²) in [5.74, 6) is 1.73. The number of thiophene rings is 1. The lowest BCUT2D eigenvalue weighted by molar-refractivity contribution is 0.0254. The molecule has 3 aromatic rings. The number of ether oxygens (including phenoxy) is 1. The van der Waals surface area contributed by atoms with Crippen LogP contribution in [0, 0.1) is 5.41 Å². The monoisotopic (exact) mass is 438 g/mol. The minimum atomic E-state index is 0.217. The van der Waals surface area contributed by atoms with Gasteiger partial charge >= 0.3 is 0 Å². The second-order valence-corrected chi connectivity index (χ2v) is 10.6. The van der Waals surface area contributed by atoms with Gasteiger partial charge in [0, 0.05) is 43.1 Å². The zero-order chi connectivity index (χ0) is 20.7. The molecule has 8 heteroatoms. The highest BCUT2D eigenvalue weighted by Gasteiger charge is 2.41. The number of rotatable bonds is 5. The van der Waals surface area contributed by atoms with Crippen LogP contribution in [0.4, 0.5) is 11.8 Å². The summed E-state index contributed by atoms with van der Waals surface area (Å²) >= 11 is 1.89. The number of fused-ring (bicyclic) bond motifs is 1. The topological polar surface area (TPSA) is 79.0 Å². The zero-order valence-electron chi connectivity index (χ0n) is 17.9. The highest BCUT2D eigenvalue weighted by atomic mass is 32.1. The quantitative estimate of drug-likeness (QED) is 0.617. The van der Waals surface area contributed by atoms with E-state index in [4.69, 9.17) is 14.7 Å². The van der Waals surface area contributed by atoms with Gasteiger partial charge < -0.3 is 15.0 Å². The highest BCUT2D eigenvalue weighted by Crippen LogP contribution is 2.44. The molecule has 5 heterocycles. The van der Waals surface area contributed by atoms with Gasteiger partial charge in [0.2, 0.25) is 5.95 Å². The van der Waals surface area contributed by atoms with Gasteiger partial charge in [-0.15, -0.1) is 11.3 Å². The van der Waals surface area contributed by atoms with Gasteiger partial charge in [-0.1, -0.05) is 18.9 Å². The van der Waals surface area contributed by atoms with Crippen molar-refractivity contribution in [2.75, 3.05) is 43.1 Å². The fraction of sp³-hybridized carbons (Fsp3) is 0.609. The molecule has 2 N–H and O–H groups in total. The Hall–Kier alpha value is -2.19. The number of nitrogens with zero attached hydrogens (tertiary/aromatic N) is 4. The molecule has 0 unspecified atom stereocenters. The Labute approximate surface area is 186 Å². The molecule has 3 aromatic heterocycles. The number of H-pyrrole nitrogens is 1. The van der Waals surface area contributed by atoms with Gasteiger partial charge in [0.05, 0.1) is 11.6 Å². The lowest BCUT2D eigenvalue weighted by Crippen LogP contribution is -2.34. The number of hydrogen-bond acceptors (Lipinski definition) is 7. The maximum atomic E-state index is 5.61. The minimum absolute atomic E-state index is 0.217. The molecule has 3 aliphatic rings. The molecule has 164 valence electrons. The van der Waals surface area contributed by atoms with Crippen LogP contribution < -0.4 is 10.2 Å².